The van der Waals surface area contributed by atoms with Gasteiger partial charge in [0, 0.05) is 18.9 Å². The molecule has 3 aromatic rings. The van der Waals surface area contributed by atoms with E-state index in [1.165, 1.54) is 41.7 Å². The van der Waals surface area contributed by atoms with Crippen LogP contribution in [-0.4, -0.2) is 33.1 Å². The lowest BCUT2D eigenvalue weighted by molar-refractivity contribution is -0.138. The van der Waals surface area contributed by atoms with Crippen molar-refractivity contribution in [2.45, 2.75) is 29.8 Å². The van der Waals surface area contributed by atoms with E-state index in [4.69, 9.17) is 9.84 Å². The zero-order chi connectivity index (χ0) is 25.4. The molecule has 0 spiro atoms. The summed E-state index contributed by atoms with van der Waals surface area (Å²) in [4.78, 5) is 11.0. The van der Waals surface area contributed by atoms with Gasteiger partial charge < -0.3 is 9.84 Å². The highest BCUT2D eigenvalue weighted by Crippen LogP contribution is 2.43. The zero-order valence-electron chi connectivity index (χ0n) is 18.6. The monoisotopic (exact) mass is 505 g/mol. The second kappa shape index (κ2) is 9.26. The Kier molecular flexibility index (Phi) is 6.50. The Hall–Kier alpha value is -3.53. The number of carbonyl (C=O) groups is 1. The number of methoxy groups -OCH3 is 1. The van der Waals surface area contributed by atoms with Gasteiger partial charge in [0.1, 0.15) is 5.75 Å². The first-order chi connectivity index (χ1) is 16.5. The van der Waals surface area contributed by atoms with Crippen molar-refractivity contribution in [3.8, 4) is 16.9 Å². The van der Waals surface area contributed by atoms with Gasteiger partial charge in [-0.15, -0.1) is 0 Å². The van der Waals surface area contributed by atoms with Gasteiger partial charge in [0.2, 0.25) is 0 Å². The quantitative estimate of drug-likeness (QED) is 0.456. The fraction of sp³-hybridized carbons (Fsp3) is 0.240. The van der Waals surface area contributed by atoms with Crippen molar-refractivity contribution in [2.24, 2.45) is 0 Å². The van der Waals surface area contributed by atoms with Gasteiger partial charge in [-0.1, -0.05) is 24.3 Å². The highest BCUT2D eigenvalue weighted by Gasteiger charge is 2.37. The third-order valence-electron chi connectivity index (χ3n) is 5.98. The molecule has 0 saturated heterocycles. The minimum atomic E-state index is -4.52. The molecule has 0 saturated carbocycles. The Labute approximate surface area is 200 Å². The summed E-state index contributed by atoms with van der Waals surface area (Å²) < 4.78 is 73.2. The number of benzene rings is 3. The third kappa shape index (κ3) is 4.97. The normalized spacial score (nSPS) is 15.7. The number of hydrogen-bond donors (Lipinski definition) is 1. The van der Waals surface area contributed by atoms with Crippen LogP contribution in [0.15, 0.2) is 71.6 Å². The van der Waals surface area contributed by atoms with Gasteiger partial charge in [-0.05, 0) is 65.6 Å². The number of halogens is 3. The van der Waals surface area contributed by atoms with Crippen LogP contribution in [0.1, 0.15) is 29.9 Å². The Bertz CT molecular complexity index is 1370. The number of carboxylic acids is 1. The van der Waals surface area contributed by atoms with Gasteiger partial charge in [0.25, 0.3) is 10.0 Å². The Morgan fingerprint density at radius 3 is 2.40 bits per heavy atom. The molecule has 0 fully saturated rings. The van der Waals surface area contributed by atoms with Crippen LogP contribution in [0.25, 0.3) is 11.1 Å². The highest BCUT2D eigenvalue weighted by molar-refractivity contribution is 7.92. The summed E-state index contributed by atoms with van der Waals surface area (Å²) in [5.41, 5.74) is 0.831. The van der Waals surface area contributed by atoms with Crippen molar-refractivity contribution in [2.75, 3.05) is 18.0 Å². The van der Waals surface area contributed by atoms with Crippen LogP contribution in [0.3, 0.4) is 0 Å². The Balaban J connectivity index is 1.72. The molecule has 0 aliphatic carbocycles. The van der Waals surface area contributed by atoms with Crippen molar-refractivity contribution in [1.82, 2.24) is 0 Å². The first-order valence-corrected chi connectivity index (χ1v) is 12.1. The highest BCUT2D eigenvalue weighted by atomic mass is 32.2. The molecule has 4 rings (SSSR count). The summed E-state index contributed by atoms with van der Waals surface area (Å²) in [5, 5.41) is 9.11. The second-order valence-corrected chi connectivity index (χ2v) is 10.1. The molecule has 0 radical (unpaired) electrons. The number of nitrogens with zero attached hydrogens (tertiary/aromatic N) is 1. The molecule has 184 valence electrons. The molecule has 0 amide bonds. The molecular formula is C25H22F3NO5S. The fourth-order valence-electron chi connectivity index (χ4n) is 4.22. The largest absolute Gasteiger partial charge is 0.497 e. The van der Waals surface area contributed by atoms with Gasteiger partial charge in [-0.2, -0.15) is 13.2 Å². The molecule has 1 atom stereocenters. The molecule has 1 heterocycles. The van der Waals surface area contributed by atoms with E-state index in [-0.39, 0.29) is 35.8 Å². The predicted molar refractivity (Wildman–Crippen MR) is 124 cm³/mol. The Morgan fingerprint density at radius 1 is 1.06 bits per heavy atom. The summed E-state index contributed by atoms with van der Waals surface area (Å²) in [6.07, 6.45) is -4.41. The number of rotatable bonds is 7. The van der Waals surface area contributed by atoms with E-state index < -0.39 is 27.7 Å². The summed E-state index contributed by atoms with van der Waals surface area (Å²) in [6, 6.07) is 15.4. The van der Waals surface area contributed by atoms with E-state index in [1.807, 2.05) is 0 Å². The fourth-order valence-corrected chi connectivity index (χ4v) is 5.80. The molecule has 1 aliphatic heterocycles. The van der Waals surface area contributed by atoms with Crippen molar-refractivity contribution in [3.05, 3.63) is 77.9 Å². The molecule has 35 heavy (non-hydrogen) atoms. The molecular weight excluding hydrogens is 483 g/mol. The molecule has 10 heteroatoms. The summed E-state index contributed by atoms with van der Waals surface area (Å²) >= 11 is 0. The maximum Gasteiger partial charge on any atom is 0.416 e. The number of alkyl halides is 3. The van der Waals surface area contributed by atoms with Crippen LogP contribution in [0.5, 0.6) is 5.75 Å². The van der Waals surface area contributed by atoms with Gasteiger partial charge in [0.15, 0.2) is 0 Å². The maximum absolute atomic E-state index is 13.6. The van der Waals surface area contributed by atoms with Crippen LogP contribution in [-0.2, 0) is 21.0 Å². The average Bonchev–Trinajstić information content (AvgIpc) is 3.21. The number of fused-ring (bicyclic) bond motifs is 1. The first-order valence-electron chi connectivity index (χ1n) is 10.7. The van der Waals surface area contributed by atoms with Crippen molar-refractivity contribution in [3.63, 3.8) is 0 Å². The minimum Gasteiger partial charge on any atom is -0.497 e. The van der Waals surface area contributed by atoms with Crippen molar-refractivity contribution < 1.29 is 36.2 Å². The maximum atomic E-state index is 13.6. The van der Waals surface area contributed by atoms with E-state index in [9.17, 15) is 26.4 Å². The smallest absolute Gasteiger partial charge is 0.416 e. The lowest BCUT2D eigenvalue weighted by Crippen LogP contribution is -2.30. The second-order valence-electron chi connectivity index (χ2n) is 8.20. The summed E-state index contributed by atoms with van der Waals surface area (Å²) in [6.45, 7) is 0.0475. The van der Waals surface area contributed by atoms with Crippen LogP contribution >= 0.6 is 0 Å². The molecule has 3 aromatic carbocycles. The van der Waals surface area contributed by atoms with Crippen LogP contribution in [0, 0.1) is 0 Å². The molecule has 1 aliphatic rings. The SMILES string of the molecule is COc1ccc2c(c1)C(CCC(=O)O)CN2S(=O)(=O)c1cccc(-c2cccc(C(F)(F)F)c2)c1. The molecule has 0 bridgehead atoms. The van der Waals surface area contributed by atoms with Crippen molar-refractivity contribution in [1.29, 1.82) is 0 Å². The molecule has 6 nitrogen and oxygen atoms in total. The topological polar surface area (TPSA) is 83.9 Å². The summed E-state index contributed by atoms with van der Waals surface area (Å²) in [7, 11) is -2.61. The van der Waals surface area contributed by atoms with Crippen LogP contribution < -0.4 is 9.04 Å². The average molecular weight is 506 g/mol. The van der Waals surface area contributed by atoms with E-state index in [0.29, 0.717) is 22.6 Å². The van der Waals surface area contributed by atoms with E-state index in [1.54, 1.807) is 24.3 Å². The first kappa shape index (κ1) is 24.6. The van der Waals surface area contributed by atoms with Gasteiger partial charge >= 0.3 is 12.1 Å². The number of aliphatic carboxylic acids is 1. The van der Waals surface area contributed by atoms with E-state index in [2.05, 4.69) is 0 Å². The lowest BCUT2D eigenvalue weighted by atomic mass is 9.96. The molecule has 0 aromatic heterocycles. The number of ether oxygens (including phenoxy) is 1. The Morgan fingerprint density at radius 2 is 1.74 bits per heavy atom. The molecule has 1 N–H and O–H groups in total. The van der Waals surface area contributed by atoms with Crippen LogP contribution in [0.4, 0.5) is 18.9 Å². The standard InChI is InChI=1S/C25H22F3NO5S/c1-34-20-9-10-23-22(14-20)18(8-11-24(30)31)15-29(23)35(32,33)21-7-3-5-17(13-21)16-4-2-6-19(12-16)25(26,27)28/h2-7,9-10,12-14,18H,8,11,15H2,1H3,(H,30,31). The van der Waals surface area contributed by atoms with E-state index in [0.717, 1.165) is 12.1 Å². The van der Waals surface area contributed by atoms with Gasteiger partial charge in [0.05, 0.1) is 23.3 Å². The summed E-state index contributed by atoms with van der Waals surface area (Å²) in [5.74, 6) is -0.808. The zero-order valence-corrected chi connectivity index (χ0v) is 19.4. The predicted octanol–water partition coefficient (Wildman–Crippen LogP) is 5.54. The minimum absolute atomic E-state index is 0.0475. The van der Waals surface area contributed by atoms with Crippen LogP contribution in [0.2, 0.25) is 0 Å². The number of carboxylic acid groups (broad SMARTS) is 1. The van der Waals surface area contributed by atoms with Gasteiger partial charge in [-0.25, -0.2) is 8.42 Å². The van der Waals surface area contributed by atoms with Gasteiger partial charge in [-0.3, -0.25) is 9.10 Å². The number of hydrogen-bond acceptors (Lipinski definition) is 4. The number of sulfonamides is 1. The lowest BCUT2D eigenvalue weighted by Gasteiger charge is -2.21. The van der Waals surface area contributed by atoms with Crippen molar-refractivity contribution >= 4 is 21.7 Å². The van der Waals surface area contributed by atoms with E-state index >= 15 is 0 Å². The third-order valence-corrected chi connectivity index (χ3v) is 7.76. The number of anilines is 1. The molecule has 1 unspecified atom stereocenters.